The third-order valence-electron chi connectivity index (χ3n) is 9.27. The van der Waals surface area contributed by atoms with E-state index in [1.807, 2.05) is 0 Å². The van der Waals surface area contributed by atoms with Gasteiger partial charge in [0.05, 0.1) is 23.0 Å². The van der Waals surface area contributed by atoms with E-state index in [4.69, 9.17) is 9.47 Å². The highest BCUT2D eigenvalue weighted by atomic mass is 16.5. The molecule has 5 aliphatic carbocycles. The van der Waals surface area contributed by atoms with Gasteiger partial charge in [-0.05, 0) is 61.5 Å². The van der Waals surface area contributed by atoms with Crippen LogP contribution in [0, 0.1) is 35.5 Å². The predicted octanol–water partition coefficient (Wildman–Crippen LogP) is 5.15. The van der Waals surface area contributed by atoms with Crippen LogP contribution < -0.4 is 9.47 Å². The van der Waals surface area contributed by atoms with Crippen LogP contribution >= 0.6 is 0 Å². The summed E-state index contributed by atoms with van der Waals surface area (Å²) in [6, 6.07) is 9.58. The minimum atomic E-state index is -0.451. The summed E-state index contributed by atoms with van der Waals surface area (Å²) in [6.07, 6.45) is 8.72. The van der Waals surface area contributed by atoms with Gasteiger partial charge in [0.1, 0.15) is 11.5 Å². The highest BCUT2D eigenvalue weighted by molar-refractivity contribution is 6.30. The number of hydrogen-bond donors (Lipinski definition) is 0. The van der Waals surface area contributed by atoms with Crippen molar-refractivity contribution in [3.8, 4) is 11.5 Å². The van der Waals surface area contributed by atoms with E-state index in [0.717, 1.165) is 51.4 Å². The van der Waals surface area contributed by atoms with Crippen LogP contribution in [0.5, 0.6) is 11.5 Å². The first-order valence-electron chi connectivity index (χ1n) is 13.3. The van der Waals surface area contributed by atoms with Gasteiger partial charge >= 0.3 is 11.9 Å². The van der Waals surface area contributed by atoms with E-state index < -0.39 is 5.78 Å². The van der Waals surface area contributed by atoms with E-state index in [-0.39, 0.29) is 63.3 Å². The van der Waals surface area contributed by atoms with Crippen LogP contribution in [-0.2, 0) is 9.59 Å². The van der Waals surface area contributed by atoms with E-state index >= 15 is 0 Å². The lowest BCUT2D eigenvalue weighted by molar-refractivity contribution is -0.137. The molecule has 0 unspecified atom stereocenters. The number of ether oxygens (including phenoxy) is 2. The summed E-state index contributed by atoms with van der Waals surface area (Å²) in [5.41, 5.74) is 0.580. The first-order valence-corrected chi connectivity index (χ1v) is 13.3. The SMILES string of the molecule is O=C1c2cccc(OC(=O)C3[C@@H]4CCCC[C@@H]34)c2C(=O)c2c(OC(=O)C3[C@@H]4CCCC[C@@H]34)cccc21. The van der Waals surface area contributed by atoms with Crippen LogP contribution in [0.25, 0.3) is 0 Å². The van der Waals surface area contributed by atoms with Crippen LogP contribution in [0.3, 0.4) is 0 Å². The molecule has 5 aliphatic rings. The lowest BCUT2D eigenvalue weighted by Gasteiger charge is -2.21. The van der Waals surface area contributed by atoms with Crippen molar-refractivity contribution >= 4 is 23.5 Å². The zero-order valence-electron chi connectivity index (χ0n) is 20.0. The van der Waals surface area contributed by atoms with Crippen LogP contribution in [0.15, 0.2) is 36.4 Å². The molecule has 0 amide bonds. The Hall–Kier alpha value is -3.28. The quantitative estimate of drug-likeness (QED) is 0.376. The van der Waals surface area contributed by atoms with Gasteiger partial charge < -0.3 is 9.47 Å². The fraction of sp³-hybridized carbons (Fsp3) is 0.467. The normalized spacial score (nSPS) is 31.3. The van der Waals surface area contributed by atoms with E-state index in [1.165, 1.54) is 0 Å². The molecule has 0 heterocycles. The Morgan fingerprint density at radius 1 is 0.583 bits per heavy atom. The number of carbonyl (C=O) groups excluding carboxylic acids is 4. The second-order valence-electron chi connectivity index (χ2n) is 11.1. The molecule has 0 aliphatic heterocycles. The van der Waals surface area contributed by atoms with Gasteiger partial charge in [0.25, 0.3) is 0 Å². The molecule has 0 N–H and O–H groups in total. The van der Waals surface area contributed by atoms with Crippen molar-refractivity contribution < 1.29 is 28.7 Å². The maximum absolute atomic E-state index is 13.8. The molecule has 2 aromatic carbocycles. The molecule has 4 saturated carbocycles. The predicted molar refractivity (Wildman–Crippen MR) is 129 cm³/mol. The lowest BCUT2D eigenvalue weighted by Crippen LogP contribution is -2.25. The van der Waals surface area contributed by atoms with Gasteiger partial charge in [0.15, 0.2) is 5.78 Å². The average molecular weight is 485 g/mol. The molecule has 6 heteroatoms. The summed E-state index contributed by atoms with van der Waals surface area (Å²) in [7, 11) is 0. The topological polar surface area (TPSA) is 86.7 Å². The maximum atomic E-state index is 13.8. The van der Waals surface area contributed by atoms with Gasteiger partial charge in [-0.15, -0.1) is 0 Å². The molecular formula is C30H28O6. The maximum Gasteiger partial charge on any atom is 0.314 e. The minimum absolute atomic E-state index is 0.0792. The second kappa shape index (κ2) is 8.12. The fourth-order valence-corrected chi connectivity index (χ4v) is 7.39. The third kappa shape index (κ3) is 3.30. The van der Waals surface area contributed by atoms with Gasteiger partial charge in [-0.1, -0.05) is 49.9 Å². The summed E-state index contributed by atoms with van der Waals surface area (Å²) in [4.78, 5) is 53.2. The van der Waals surface area contributed by atoms with Gasteiger partial charge in [-0.2, -0.15) is 0 Å². The van der Waals surface area contributed by atoms with E-state index in [0.29, 0.717) is 23.7 Å². The molecule has 6 nitrogen and oxygen atoms in total. The molecule has 0 aromatic heterocycles. The van der Waals surface area contributed by atoms with Crippen LogP contribution in [0.4, 0.5) is 0 Å². The van der Waals surface area contributed by atoms with Crippen LogP contribution in [-0.4, -0.2) is 23.5 Å². The molecule has 2 aromatic rings. The van der Waals surface area contributed by atoms with Crippen LogP contribution in [0.1, 0.15) is 83.2 Å². The van der Waals surface area contributed by atoms with Gasteiger partial charge in [-0.25, -0.2) is 0 Å². The molecular weight excluding hydrogens is 456 g/mol. The second-order valence-corrected chi connectivity index (χ2v) is 11.1. The zero-order chi connectivity index (χ0) is 24.6. The third-order valence-corrected chi connectivity index (χ3v) is 9.27. The summed E-state index contributed by atoms with van der Waals surface area (Å²) in [5.74, 6) is 0.0587. The highest BCUT2D eigenvalue weighted by Gasteiger charge is 2.57. The van der Waals surface area contributed by atoms with Crippen molar-refractivity contribution in [2.24, 2.45) is 35.5 Å². The Bertz CT molecular complexity index is 1200. The average Bonchev–Trinajstić information content (AvgIpc) is 3.80. The summed E-state index contributed by atoms with van der Waals surface area (Å²) < 4.78 is 11.6. The number of benzene rings is 2. The molecule has 0 spiro atoms. The molecule has 4 fully saturated rings. The summed E-state index contributed by atoms with van der Waals surface area (Å²) >= 11 is 0. The Morgan fingerprint density at radius 3 is 1.36 bits per heavy atom. The molecule has 0 bridgehead atoms. The fourth-order valence-electron chi connectivity index (χ4n) is 7.39. The number of esters is 2. The lowest BCUT2D eigenvalue weighted by atomic mass is 9.83. The number of carbonyl (C=O) groups is 4. The van der Waals surface area contributed by atoms with E-state index in [1.54, 1.807) is 36.4 Å². The Morgan fingerprint density at radius 2 is 0.972 bits per heavy atom. The summed E-state index contributed by atoms with van der Waals surface area (Å²) in [6.45, 7) is 0. The zero-order valence-corrected chi connectivity index (χ0v) is 20.0. The molecule has 4 atom stereocenters. The Kier molecular flexibility index (Phi) is 4.95. The molecule has 7 rings (SSSR count). The first kappa shape index (κ1) is 22.0. The smallest absolute Gasteiger partial charge is 0.314 e. The Balaban J connectivity index is 1.19. The largest absolute Gasteiger partial charge is 0.425 e. The van der Waals surface area contributed by atoms with E-state index in [2.05, 4.69) is 0 Å². The number of fused-ring (bicyclic) bond motifs is 4. The monoisotopic (exact) mass is 484 g/mol. The molecule has 184 valence electrons. The first-order chi connectivity index (χ1) is 17.5. The number of ketones is 2. The Labute approximate surface area is 209 Å². The standard InChI is InChI=1S/C30H28O6/c31-27-19-11-5-13-21(35-29(33)23-15-7-1-2-8-16(15)23)25(19)28(32)26-20(27)12-6-14-22(26)36-30(34)24-17-9-3-4-10-18(17)24/h5-6,11-18,23-24H,1-4,7-10H2/t15-,16-,17-,18-/m1/s1. The minimum Gasteiger partial charge on any atom is -0.425 e. The summed E-state index contributed by atoms with van der Waals surface area (Å²) in [5, 5.41) is 0. The van der Waals surface area contributed by atoms with Gasteiger partial charge in [0.2, 0.25) is 5.78 Å². The number of rotatable bonds is 4. The van der Waals surface area contributed by atoms with Crippen molar-refractivity contribution in [2.45, 2.75) is 51.4 Å². The highest BCUT2D eigenvalue weighted by Crippen LogP contribution is 2.57. The number of hydrogen-bond acceptors (Lipinski definition) is 6. The van der Waals surface area contributed by atoms with Crippen molar-refractivity contribution in [1.82, 2.24) is 0 Å². The van der Waals surface area contributed by atoms with Crippen molar-refractivity contribution in [3.63, 3.8) is 0 Å². The van der Waals surface area contributed by atoms with Crippen LogP contribution in [0.2, 0.25) is 0 Å². The van der Waals surface area contributed by atoms with Crippen molar-refractivity contribution in [1.29, 1.82) is 0 Å². The van der Waals surface area contributed by atoms with E-state index in [9.17, 15) is 19.2 Å². The molecule has 0 radical (unpaired) electrons. The molecule has 0 saturated heterocycles. The van der Waals surface area contributed by atoms with Crippen molar-refractivity contribution in [3.05, 3.63) is 58.7 Å². The van der Waals surface area contributed by atoms with Gasteiger partial charge in [-0.3, -0.25) is 19.2 Å². The van der Waals surface area contributed by atoms with Crippen molar-refractivity contribution in [2.75, 3.05) is 0 Å². The van der Waals surface area contributed by atoms with Gasteiger partial charge in [0, 0.05) is 11.1 Å². The molecule has 36 heavy (non-hydrogen) atoms.